The molecule has 1 heterocycles. The first kappa shape index (κ1) is 18.7. The summed E-state index contributed by atoms with van der Waals surface area (Å²) in [5.41, 5.74) is 8.87. The predicted molar refractivity (Wildman–Crippen MR) is 112 cm³/mol. The van der Waals surface area contributed by atoms with E-state index in [0.29, 0.717) is 18.7 Å². The first-order valence-corrected chi connectivity index (χ1v) is 9.31. The highest BCUT2D eigenvalue weighted by molar-refractivity contribution is 5.92. The normalized spacial score (nSPS) is 11.0. The zero-order valence-corrected chi connectivity index (χ0v) is 16.0. The molecule has 29 heavy (non-hydrogen) atoms. The number of rotatable bonds is 6. The maximum atomic E-state index is 14.7. The number of aryl methyl sites for hydroxylation is 1. The van der Waals surface area contributed by atoms with E-state index in [1.807, 2.05) is 71.1 Å². The minimum Gasteiger partial charge on any atom is -0.366 e. The zero-order valence-electron chi connectivity index (χ0n) is 16.0. The molecule has 5 nitrogen and oxygen atoms in total. The van der Waals surface area contributed by atoms with Gasteiger partial charge in [0, 0.05) is 31.3 Å². The number of para-hydroxylation sites is 2. The van der Waals surface area contributed by atoms with E-state index < -0.39 is 11.7 Å². The fraction of sp³-hybridized carbons (Fsp3) is 0.130. The molecule has 0 saturated heterocycles. The van der Waals surface area contributed by atoms with Gasteiger partial charge < -0.3 is 15.2 Å². The van der Waals surface area contributed by atoms with Crippen molar-refractivity contribution in [1.82, 2.24) is 9.55 Å². The number of benzene rings is 3. The number of imidazole rings is 1. The molecule has 4 rings (SSSR count). The summed E-state index contributed by atoms with van der Waals surface area (Å²) in [7, 11) is 1.95. The van der Waals surface area contributed by atoms with Gasteiger partial charge in [-0.25, -0.2) is 9.37 Å². The van der Waals surface area contributed by atoms with Crippen LogP contribution < -0.4 is 10.6 Å². The standard InChI is InChI=1S/C23H21FN4O/c1-27-21-10-6-5-9-20(21)26-23(27)28(14-16-7-3-2-4-8-16)15-18-12-11-17(22(25)29)13-19(18)24/h2-13H,14-15H2,1H3,(H2,25,29). The fourth-order valence-electron chi connectivity index (χ4n) is 3.45. The van der Waals surface area contributed by atoms with Crippen molar-refractivity contribution in [2.45, 2.75) is 13.1 Å². The quantitative estimate of drug-likeness (QED) is 0.543. The third kappa shape index (κ3) is 3.82. The Morgan fingerprint density at radius 2 is 1.76 bits per heavy atom. The molecule has 0 spiro atoms. The number of nitrogens with two attached hydrogens (primary N) is 1. The summed E-state index contributed by atoms with van der Waals surface area (Å²) in [6, 6.07) is 22.2. The molecule has 0 aliphatic carbocycles. The Balaban J connectivity index is 1.74. The van der Waals surface area contributed by atoms with Gasteiger partial charge in [0.05, 0.1) is 11.0 Å². The van der Waals surface area contributed by atoms with E-state index >= 15 is 0 Å². The van der Waals surface area contributed by atoms with Crippen LogP contribution in [-0.2, 0) is 20.1 Å². The topological polar surface area (TPSA) is 64.2 Å². The second kappa shape index (κ2) is 7.75. The number of hydrogen-bond donors (Lipinski definition) is 1. The molecule has 3 aromatic carbocycles. The van der Waals surface area contributed by atoms with Gasteiger partial charge in [-0.05, 0) is 29.8 Å². The lowest BCUT2D eigenvalue weighted by atomic mass is 10.1. The summed E-state index contributed by atoms with van der Waals surface area (Å²) < 4.78 is 16.7. The predicted octanol–water partition coefficient (Wildman–Crippen LogP) is 4.02. The smallest absolute Gasteiger partial charge is 0.248 e. The van der Waals surface area contributed by atoms with E-state index in [0.717, 1.165) is 22.5 Å². The number of fused-ring (bicyclic) bond motifs is 1. The van der Waals surface area contributed by atoms with Crippen molar-refractivity contribution in [1.29, 1.82) is 0 Å². The van der Waals surface area contributed by atoms with Crippen LogP contribution in [0.5, 0.6) is 0 Å². The number of primary amides is 1. The number of aromatic nitrogens is 2. The van der Waals surface area contributed by atoms with Crippen LogP contribution in [0.4, 0.5) is 10.3 Å². The van der Waals surface area contributed by atoms with Gasteiger partial charge in [0.1, 0.15) is 5.82 Å². The first-order chi connectivity index (χ1) is 14.0. The molecular formula is C23H21FN4O. The van der Waals surface area contributed by atoms with Crippen LogP contribution in [0.15, 0.2) is 72.8 Å². The van der Waals surface area contributed by atoms with Crippen LogP contribution in [0, 0.1) is 5.82 Å². The average molecular weight is 388 g/mol. The minimum absolute atomic E-state index is 0.156. The Bertz CT molecular complexity index is 1170. The molecular weight excluding hydrogens is 367 g/mol. The number of nitrogens with zero attached hydrogens (tertiary/aromatic N) is 3. The molecule has 0 atom stereocenters. The number of carbonyl (C=O) groups excluding carboxylic acids is 1. The summed E-state index contributed by atoms with van der Waals surface area (Å²) in [6.45, 7) is 0.867. The molecule has 6 heteroatoms. The highest BCUT2D eigenvalue weighted by Gasteiger charge is 2.18. The lowest BCUT2D eigenvalue weighted by Crippen LogP contribution is -2.25. The van der Waals surface area contributed by atoms with Gasteiger partial charge in [0.15, 0.2) is 0 Å². The first-order valence-electron chi connectivity index (χ1n) is 9.31. The molecule has 0 radical (unpaired) electrons. The van der Waals surface area contributed by atoms with E-state index in [9.17, 15) is 9.18 Å². The number of hydrogen-bond acceptors (Lipinski definition) is 3. The summed E-state index contributed by atoms with van der Waals surface area (Å²) in [5.74, 6) is -0.363. The molecule has 1 amide bonds. The van der Waals surface area contributed by atoms with Gasteiger partial charge in [0.25, 0.3) is 0 Å². The monoisotopic (exact) mass is 388 g/mol. The summed E-state index contributed by atoms with van der Waals surface area (Å²) in [6.07, 6.45) is 0. The highest BCUT2D eigenvalue weighted by atomic mass is 19.1. The molecule has 4 aromatic rings. The number of amides is 1. The molecule has 0 fully saturated rings. The van der Waals surface area contributed by atoms with Crippen molar-refractivity contribution in [2.24, 2.45) is 12.8 Å². The van der Waals surface area contributed by atoms with E-state index in [2.05, 4.69) is 0 Å². The van der Waals surface area contributed by atoms with Crippen LogP contribution >= 0.6 is 0 Å². The van der Waals surface area contributed by atoms with Crippen molar-refractivity contribution >= 4 is 22.9 Å². The van der Waals surface area contributed by atoms with Crippen LogP contribution in [0.3, 0.4) is 0 Å². The van der Waals surface area contributed by atoms with E-state index in [1.165, 1.54) is 6.07 Å². The summed E-state index contributed by atoms with van der Waals surface area (Å²) in [4.78, 5) is 18.1. The van der Waals surface area contributed by atoms with E-state index in [1.54, 1.807) is 12.1 Å². The lowest BCUT2D eigenvalue weighted by Gasteiger charge is -2.24. The zero-order chi connectivity index (χ0) is 20.4. The Morgan fingerprint density at radius 3 is 2.45 bits per heavy atom. The average Bonchev–Trinajstić information content (AvgIpc) is 3.06. The lowest BCUT2D eigenvalue weighted by molar-refractivity contribution is 0.1000. The van der Waals surface area contributed by atoms with Gasteiger partial charge in [-0.1, -0.05) is 48.5 Å². The molecule has 1 aromatic heterocycles. The van der Waals surface area contributed by atoms with Crippen LogP contribution in [0.25, 0.3) is 11.0 Å². The summed E-state index contributed by atoms with van der Waals surface area (Å²) >= 11 is 0. The van der Waals surface area contributed by atoms with Crippen LogP contribution in [-0.4, -0.2) is 15.5 Å². The largest absolute Gasteiger partial charge is 0.366 e. The van der Waals surface area contributed by atoms with Crippen molar-refractivity contribution in [3.63, 3.8) is 0 Å². The Hall–Kier alpha value is -3.67. The number of carbonyl (C=O) groups is 1. The molecule has 146 valence electrons. The Labute approximate surface area is 168 Å². The van der Waals surface area contributed by atoms with E-state index in [-0.39, 0.29) is 5.56 Å². The molecule has 0 unspecified atom stereocenters. The maximum absolute atomic E-state index is 14.7. The van der Waals surface area contributed by atoms with Crippen molar-refractivity contribution < 1.29 is 9.18 Å². The van der Waals surface area contributed by atoms with E-state index in [4.69, 9.17) is 10.7 Å². The van der Waals surface area contributed by atoms with Crippen molar-refractivity contribution in [3.05, 3.63) is 95.3 Å². The molecule has 0 saturated carbocycles. The van der Waals surface area contributed by atoms with Gasteiger partial charge in [-0.2, -0.15) is 0 Å². The molecule has 0 aliphatic rings. The molecule has 2 N–H and O–H groups in total. The number of anilines is 1. The van der Waals surface area contributed by atoms with Crippen LogP contribution in [0.2, 0.25) is 0 Å². The minimum atomic E-state index is -0.646. The summed E-state index contributed by atoms with van der Waals surface area (Å²) in [5, 5.41) is 0. The van der Waals surface area contributed by atoms with Crippen molar-refractivity contribution in [2.75, 3.05) is 4.90 Å². The highest BCUT2D eigenvalue weighted by Crippen LogP contribution is 2.25. The Kier molecular flexibility index (Phi) is 4.99. The fourth-order valence-corrected chi connectivity index (χ4v) is 3.45. The van der Waals surface area contributed by atoms with Gasteiger partial charge in [0.2, 0.25) is 11.9 Å². The van der Waals surface area contributed by atoms with Crippen LogP contribution in [0.1, 0.15) is 21.5 Å². The van der Waals surface area contributed by atoms with Gasteiger partial charge in [-0.3, -0.25) is 4.79 Å². The molecule has 0 aliphatic heterocycles. The molecule has 0 bridgehead atoms. The maximum Gasteiger partial charge on any atom is 0.248 e. The Morgan fingerprint density at radius 1 is 1.03 bits per heavy atom. The van der Waals surface area contributed by atoms with Gasteiger partial charge >= 0.3 is 0 Å². The SMILES string of the molecule is Cn1c(N(Cc2ccccc2)Cc2ccc(C(N)=O)cc2F)nc2ccccc21. The number of halogens is 1. The van der Waals surface area contributed by atoms with Crippen molar-refractivity contribution in [3.8, 4) is 0 Å². The van der Waals surface area contributed by atoms with Gasteiger partial charge in [-0.15, -0.1) is 0 Å². The third-order valence-electron chi connectivity index (χ3n) is 4.96. The second-order valence-electron chi connectivity index (χ2n) is 6.97. The third-order valence-corrected chi connectivity index (χ3v) is 4.96. The second-order valence-corrected chi connectivity index (χ2v) is 6.97.